The monoisotopic (exact) mass is 210 g/mol. The molecular weight excluding hydrogens is 184 g/mol. The first-order chi connectivity index (χ1) is 7.40. The van der Waals surface area contributed by atoms with Gasteiger partial charge in [-0.1, -0.05) is 12.8 Å². The Hall–Kier alpha value is -0.0800. The van der Waals surface area contributed by atoms with Crippen LogP contribution in [0.1, 0.15) is 44.9 Å². The fourth-order valence-corrected chi connectivity index (χ4v) is 3.29. The fourth-order valence-electron chi connectivity index (χ4n) is 3.29. The zero-order valence-electron chi connectivity index (χ0n) is 10.2. The van der Waals surface area contributed by atoms with Gasteiger partial charge in [0.15, 0.2) is 0 Å². The van der Waals surface area contributed by atoms with Crippen molar-refractivity contribution in [3.05, 3.63) is 0 Å². The fraction of sp³-hybridized carbons (Fsp3) is 1.00. The number of nitrogens with one attached hydrogen (secondary N) is 1. The van der Waals surface area contributed by atoms with Gasteiger partial charge in [0.05, 0.1) is 0 Å². The molecule has 1 saturated heterocycles. The molecule has 0 aromatic rings. The smallest absolute Gasteiger partial charge is 0.00928 e. The molecule has 2 rings (SSSR count). The van der Waals surface area contributed by atoms with Gasteiger partial charge in [-0.25, -0.2) is 0 Å². The van der Waals surface area contributed by atoms with E-state index in [1.807, 2.05) is 0 Å². The summed E-state index contributed by atoms with van der Waals surface area (Å²) >= 11 is 0. The normalized spacial score (nSPS) is 33.4. The van der Waals surface area contributed by atoms with E-state index in [1.165, 1.54) is 64.6 Å². The van der Waals surface area contributed by atoms with Crippen LogP contribution in [0.5, 0.6) is 0 Å². The van der Waals surface area contributed by atoms with Crippen LogP contribution >= 0.6 is 0 Å². The van der Waals surface area contributed by atoms with Crippen LogP contribution in [-0.4, -0.2) is 37.6 Å². The van der Waals surface area contributed by atoms with Gasteiger partial charge in [-0.2, -0.15) is 0 Å². The van der Waals surface area contributed by atoms with Crippen LogP contribution in [0.25, 0.3) is 0 Å². The number of piperidine rings is 1. The van der Waals surface area contributed by atoms with Crippen LogP contribution in [0, 0.1) is 5.92 Å². The number of hydrogen-bond donors (Lipinski definition) is 1. The largest absolute Gasteiger partial charge is 0.317 e. The molecule has 0 aromatic carbocycles. The maximum Gasteiger partial charge on any atom is 0.00928 e. The average Bonchev–Trinajstić information content (AvgIpc) is 2.75. The summed E-state index contributed by atoms with van der Waals surface area (Å²) in [4.78, 5) is 2.68. The second-order valence-corrected chi connectivity index (χ2v) is 5.28. The summed E-state index contributed by atoms with van der Waals surface area (Å²) in [5.41, 5.74) is 0. The summed E-state index contributed by atoms with van der Waals surface area (Å²) in [6.45, 7) is 4.07. The van der Waals surface area contributed by atoms with E-state index in [9.17, 15) is 0 Å². The Morgan fingerprint density at radius 3 is 2.60 bits per heavy atom. The van der Waals surface area contributed by atoms with Gasteiger partial charge in [0.1, 0.15) is 0 Å². The lowest BCUT2D eigenvalue weighted by Crippen LogP contribution is -2.35. The molecule has 0 radical (unpaired) electrons. The number of rotatable bonds is 4. The predicted octanol–water partition coefficient (Wildman–Crippen LogP) is 2.25. The highest BCUT2D eigenvalue weighted by Gasteiger charge is 2.25. The van der Waals surface area contributed by atoms with E-state index in [0.717, 1.165) is 12.0 Å². The number of likely N-dealkylation sites (tertiary alicyclic amines) is 1. The molecule has 2 atom stereocenters. The van der Waals surface area contributed by atoms with Gasteiger partial charge in [0.2, 0.25) is 0 Å². The van der Waals surface area contributed by atoms with Gasteiger partial charge in [-0.15, -0.1) is 0 Å². The van der Waals surface area contributed by atoms with Crippen LogP contribution in [0.2, 0.25) is 0 Å². The Kier molecular flexibility index (Phi) is 4.45. The van der Waals surface area contributed by atoms with E-state index < -0.39 is 0 Å². The van der Waals surface area contributed by atoms with Gasteiger partial charge < -0.3 is 10.2 Å². The van der Waals surface area contributed by atoms with E-state index in [1.54, 1.807) is 0 Å². The molecule has 1 aliphatic heterocycles. The number of nitrogens with zero attached hydrogens (tertiary/aromatic N) is 1. The summed E-state index contributed by atoms with van der Waals surface area (Å²) in [6.07, 6.45) is 10.0. The Morgan fingerprint density at radius 2 is 1.87 bits per heavy atom. The van der Waals surface area contributed by atoms with E-state index in [-0.39, 0.29) is 0 Å². The SMILES string of the molecule is CNC1CCCC1CCN1CCCCC1. The minimum atomic E-state index is 0.815. The molecule has 2 aliphatic rings. The van der Waals surface area contributed by atoms with Gasteiger partial charge in [0, 0.05) is 6.04 Å². The van der Waals surface area contributed by atoms with E-state index in [0.29, 0.717) is 0 Å². The molecule has 2 nitrogen and oxygen atoms in total. The lowest BCUT2D eigenvalue weighted by Gasteiger charge is -2.28. The van der Waals surface area contributed by atoms with Crippen LogP contribution in [0.15, 0.2) is 0 Å². The van der Waals surface area contributed by atoms with Crippen molar-refractivity contribution in [2.24, 2.45) is 5.92 Å². The molecule has 1 aliphatic carbocycles. The summed E-state index contributed by atoms with van der Waals surface area (Å²) in [5.74, 6) is 0.955. The Balaban J connectivity index is 1.67. The first kappa shape index (κ1) is 11.4. The van der Waals surface area contributed by atoms with E-state index in [4.69, 9.17) is 0 Å². The summed E-state index contributed by atoms with van der Waals surface area (Å²) < 4.78 is 0. The van der Waals surface area contributed by atoms with Gasteiger partial charge in [0.25, 0.3) is 0 Å². The van der Waals surface area contributed by atoms with Gasteiger partial charge in [-0.3, -0.25) is 0 Å². The average molecular weight is 210 g/mol. The standard InChI is InChI=1S/C13H26N2/c1-14-13-7-5-6-12(13)8-11-15-9-3-2-4-10-15/h12-14H,2-11H2,1H3. The van der Waals surface area contributed by atoms with Crippen molar-refractivity contribution < 1.29 is 0 Å². The zero-order valence-corrected chi connectivity index (χ0v) is 10.2. The zero-order chi connectivity index (χ0) is 10.5. The molecule has 88 valence electrons. The van der Waals surface area contributed by atoms with Crippen LogP contribution in [-0.2, 0) is 0 Å². The molecule has 1 heterocycles. The summed E-state index contributed by atoms with van der Waals surface area (Å²) in [5, 5.41) is 3.48. The van der Waals surface area contributed by atoms with Crippen LogP contribution in [0.4, 0.5) is 0 Å². The molecule has 2 unspecified atom stereocenters. The molecule has 2 heteroatoms. The second kappa shape index (κ2) is 5.86. The molecule has 0 amide bonds. The molecule has 0 bridgehead atoms. The Morgan fingerprint density at radius 1 is 1.07 bits per heavy atom. The van der Waals surface area contributed by atoms with Crippen molar-refractivity contribution in [3.8, 4) is 0 Å². The minimum Gasteiger partial charge on any atom is -0.317 e. The first-order valence-electron chi connectivity index (χ1n) is 6.80. The highest BCUT2D eigenvalue weighted by Crippen LogP contribution is 2.28. The van der Waals surface area contributed by atoms with Crippen LogP contribution in [0.3, 0.4) is 0 Å². The van der Waals surface area contributed by atoms with Crippen molar-refractivity contribution in [2.45, 2.75) is 51.0 Å². The molecule has 15 heavy (non-hydrogen) atoms. The molecule has 2 fully saturated rings. The summed E-state index contributed by atoms with van der Waals surface area (Å²) in [7, 11) is 2.13. The number of hydrogen-bond acceptors (Lipinski definition) is 2. The lowest BCUT2D eigenvalue weighted by atomic mass is 9.99. The quantitative estimate of drug-likeness (QED) is 0.765. The minimum absolute atomic E-state index is 0.815. The maximum atomic E-state index is 3.48. The van der Waals surface area contributed by atoms with Crippen molar-refractivity contribution in [1.29, 1.82) is 0 Å². The summed E-state index contributed by atoms with van der Waals surface area (Å²) in [6, 6.07) is 0.815. The van der Waals surface area contributed by atoms with Crippen molar-refractivity contribution in [2.75, 3.05) is 26.7 Å². The lowest BCUT2D eigenvalue weighted by molar-refractivity contribution is 0.207. The maximum absolute atomic E-state index is 3.48. The van der Waals surface area contributed by atoms with Crippen molar-refractivity contribution in [3.63, 3.8) is 0 Å². The van der Waals surface area contributed by atoms with Gasteiger partial charge in [-0.05, 0) is 64.7 Å². The second-order valence-electron chi connectivity index (χ2n) is 5.28. The predicted molar refractivity (Wildman–Crippen MR) is 65.1 cm³/mol. The van der Waals surface area contributed by atoms with Crippen LogP contribution < -0.4 is 5.32 Å². The molecule has 0 spiro atoms. The molecular formula is C13H26N2. The van der Waals surface area contributed by atoms with Gasteiger partial charge >= 0.3 is 0 Å². The molecule has 1 N–H and O–H groups in total. The highest BCUT2D eigenvalue weighted by molar-refractivity contribution is 4.82. The van der Waals surface area contributed by atoms with E-state index >= 15 is 0 Å². The Bertz CT molecular complexity index is 175. The third-order valence-corrected chi connectivity index (χ3v) is 4.29. The first-order valence-corrected chi connectivity index (χ1v) is 6.80. The van der Waals surface area contributed by atoms with E-state index in [2.05, 4.69) is 17.3 Å². The van der Waals surface area contributed by atoms with Crippen molar-refractivity contribution >= 4 is 0 Å². The third kappa shape index (κ3) is 3.18. The highest BCUT2D eigenvalue weighted by atomic mass is 15.1. The molecule has 1 saturated carbocycles. The van der Waals surface area contributed by atoms with Crippen molar-refractivity contribution in [1.82, 2.24) is 10.2 Å². The Labute approximate surface area is 94.4 Å². The third-order valence-electron chi connectivity index (χ3n) is 4.29. The molecule has 0 aromatic heterocycles. The topological polar surface area (TPSA) is 15.3 Å².